The third-order valence-corrected chi connectivity index (χ3v) is 6.35. The van der Waals surface area contributed by atoms with Crippen LogP contribution >= 0.6 is 21.6 Å². The van der Waals surface area contributed by atoms with E-state index in [9.17, 15) is 4.21 Å². The molecule has 1 atom stereocenters. The van der Waals surface area contributed by atoms with Gasteiger partial charge in [-0.25, -0.2) is 0 Å². The molecule has 2 aromatic rings. The molecule has 0 fully saturated rings. The van der Waals surface area contributed by atoms with Crippen LogP contribution in [0.4, 0.5) is 0 Å². The molecule has 0 saturated carbocycles. The van der Waals surface area contributed by atoms with Crippen LogP contribution in [-0.4, -0.2) is 17.1 Å². The Labute approximate surface area is 148 Å². The summed E-state index contributed by atoms with van der Waals surface area (Å²) in [4.78, 5) is 0. The molecule has 0 amide bonds. The van der Waals surface area contributed by atoms with Crippen molar-refractivity contribution in [3.05, 3.63) is 77.2 Å². The highest BCUT2D eigenvalue weighted by Gasteiger charge is 1.99. The van der Waals surface area contributed by atoms with E-state index in [4.69, 9.17) is 4.74 Å². The second-order valence-corrected chi connectivity index (χ2v) is 8.61. The molecule has 122 valence electrons. The molecule has 5 heteroatoms. The quantitative estimate of drug-likeness (QED) is 0.460. The van der Waals surface area contributed by atoms with Crippen molar-refractivity contribution in [3.8, 4) is 5.75 Å². The first-order valence-corrected chi connectivity index (χ1v) is 11.1. The van der Waals surface area contributed by atoms with E-state index in [1.54, 1.807) is 23.3 Å². The molecular formula is C18H20O2S3. The zero-order valence-electron chi connectivity index (χ0n) is 13.0. The zero-order chi connectivity index (χ0) is 16.3. The molecule has 1 unspecified atom stereocenters. The molecule has 0 radical (unpaired) electrons. The van der Waals surface area contributed by atoms with Gasteiger partial charge < -0.3 is 4.74 Å². The molecule has 0 aliphatic carbocycles. The summed E-state index contributed by atoms with van der Waals surface area (Å²) in [5.41, 5.74) is 2.39. The molecule has 0 N–H and O–H groups in total. The lowest BCUT2D eigenvalue weighted by Crippen LogP contribution is -1.92. The standard InChI is InChI=1S/C18H20O2S3/c1-20-18-10-8-17(9-11-18)15-23(19)13-5-12-21-22-14-16-6-3-2-4-7-16/h2-11,13H,12,14-15H2,1H3. The predicted octanol–water partition coefficient (Wildman–Crippen LogP) is 5.04. The normalized spacial score (nSPS) is 12.4. The maximum atomic E-state index is 12.0. The first-order chi connectivity index (χ1) is 11.3. The van der Waals surface area contributed by atoms with Crippen molar-refractivity contribution in [2.45, 2.75) is 11.5 Å². The summed E-state index contributed by atoms with van der Waals surface area (Å²) in [7, 11) is 4.28. The number of benzene rings is 2. The van der Waals surface area contributed by atoms with Crippen molar-refractivity contribution in [3.63, 3.8) is 0 Å². The van der Waals surface area contributed by atoms with Gasteiger partial charge >= 0.3 is 0 Å². The predicted molar refractivity (Wildman–Crippen MR) is 104 cm³/mol. The van der Waals surface area contributed by atoms with Crippen LogP contribution in [0.3, 0.4) is 0 Å². The largest absolute Gasteiger partial charge is 0.497 e. The molecular weight excluding hydrogens is 344 g/mol. The Bertz CT molecular complexity index is 624. The van der Waals surface area contributed by atoms with E-state index in [0.29, 0.717) is 5.75 Å². The second kappa shape index (κ2) is 10.6. The van der Waals surface area contributed by atoms with Crippen LogP contribution in [0.25, 0.3) is 0 Å². The van der Waals surface area contributed by atoms with Crippen molar-refractivity contribution in [1.29, 1.82) is 0 Å². The smallest absolute Gasteiger partial charge is 0.118 e. The topological polar surface area (TPSA) is 26.3 Å². The molecule has 2 nitrogen and oxygen atoms in total. The minimum atomic E-state index is -0.965. The molecule has 0 aliphatic heterocycles. The SMILES string of the molecule is COc1ccc(CS(=O)C=CCSSCc2ccccc2)cc1. The molecule has 0 spiro atoms. The maximum absolute atomic E-state index is 12.0. The van der Waals surface area contributed by atoms with Crippen molar-refractivity contribution in [2.75, 3.05) is 12.9 Å². The van der Waals surface area contributed by atoms with Crippen LogP contribution in [-0.2, 0) is 22.3 Å². The Hall–Kier alpha value is -1.17. The number of hydrogen-bond acceptors (Lipinski definition) is 4. The van der Waals surface area contributed by atoms with E-state index in [1.165, 1.54) is 5.56 Å². The van der Waals surface area contributed by atoms with E-state index < -0.39 is 10.8 Å². The lowest BCUT2D eigenvalue weighted by molar-refractivity contribution is 0.414. The summed E-state index contributed by atoms with van der Waals surface area (Å²) in [6, 6.07) is 18.1. The van der Waals surface area contributed by atoms with E-state index >= 15 is 0 Å². The Morgan fingerprint density at radius 2 is 1.74 bits per heavy atom. The van der Waals surface area contributed by atoms with Crippen molar-refractivity contribution >= 4 is 32.4 Å². The van der Waals surface area contributed by atoms with Crippen LogP contribution in [0.1, 0.15) is 11.1 Å². The van der Waals surface area contributed by atoms with Gasteiger partial charge in [0, 0.05) is 22.3 Å². The van der Waals surface area contributed by atoms with Crippen molar-refractivity contribution < 1.29 is 8.95 Å². The van der Waals surface area contributed by atoms with Crippen molar-refractivity contribution in [1.82, 2.24) is 0 Å². The summed E-state index contributed by atoms with van der Waals surface area (Å²) in [6.45, 7) is 0. The molecule has 2 aromatic carbocycles. The Morgan fingerprint density at radius 1 is 1.00 bits per heavy atom. The summed E-state index contributed by atoms with van der Waals surface area (Å²) in [5, 5.41) is 1.79. The Morgan fingerprint density at radius 3 is 2.43 bits per heavy atom. The summed E-state index contributed by atoms with van der Waals surface area (Å²) < 4.78 is 17.1. The van der Waals surface area contributed by atoms with Gasteiger partial charge in [0.05, 0.1) is 12.9 Å². The minimum absolute atomic E-state index is 0.544. The highest BCUT2D eigenvalue weighted by Crippen LogP contribution is 2.25. The number of hydrogen-bond donors (Lipinski definition) is 0. The third-order valence-electron chi connectivity index (χ3n) is 3.03. The fourth-order valence-corrected chi connectivity index (χ4v) is 4.77. The van der Waals surface area contributed by atoms with Crippen LogP contribution in [0.2, 0.25) is 0 Å². The first kappa shape index (κ1) is 18.2. The molecule has 0 aromatic heterocycles. The van der Waals surface area contributed by atoms with E-state index in [2.05, 4.69) is 24.3 Å². The molecule has 0 heterocycles. The van der Waals surface area contributed by atoms with Crippen LogP contribution in [0.15, 0.2) is 66.1 Å². The van der Waals surface area contributed by atoms with Gasteiger partial charge in [0.2, 0.25) is 0 Å². The maximum Gasteiger partial charge on any atom is 0.118 e. The average molecular weight is 365 g/mol. The molecule has 0 saturated heterocycles. The van der Waals surface area contributed by atoms with Gasteiger partial charge in [-0.3, -0.25) is 4.21 Å². The molecule has 2 rings (SSSR count). The van der Waals surface area contributed by atoms with Gasteiger partial charge in [0.1, 0.15) is 5.75 Å². The second-order valence-electron chi connectivity index (χ2n) is 4.78. The monoisotopic (exact) mass is 364 g/mol. The van der Waals surface area contributed by atoms with Gasteiger partial charge in [-0.05, 0) is 28.7 Å². The molecule has 0 aliphatic rings. The zero-order valence-corrected chi connectivity index (χ0v) is 15.5. The molecule has 23 heavy (non-hydrogen) atoms. The van der Waals surface area contributed by atoms with E-state index in [1.807, 2.05) is 47.2 Å². The fraction of sp³-hybridized carbons (Fsp3) is 0.222. The van der Waals surface area contributed by atoms with Gasteiger partial charge in [-0.1, -0.05) is 70.1 Å². The average Bonchev–Trinajstić information content (AvgIpc) is 2.59. The van der Waals surface area contributed by atoms with Gasteiger partial charge in [-0.15, -0.1) is 0 Å². The van der Waals surface area contributed by atoms with E-state index in [0.717, 1.165) is 22.8 Å². The Balaban J connectivity index is 1.63. The lowest BCUT2D eigenvalue weighted by Gasteiger charge is -2.02. The highest BCUT2D eigenvalue weighted by atomic mass is 33.1. The fourth-order valence-electron chi connectivity index (χ4n) is 1.85. The van der Waals surface area contributed by atoms with Gasteiger partial charge in [0.15, 0.2) is 0 Å². The summed E-state index contributed by atoms with van der Waals surface area (Å²) in [5.74, 6) is 3.23. The van der Waals surface area contributed by atoms with Crippen LogP contribution in [0, 0.1) is 0 Å². The van der Waals surface area contributed by atoms with Gasteiger partial charge in [-0.2, -0.15) is 0 Å². The van der Waals surface area contributed by atoms with Gasteiger partial charge in [0.25, 0.3) is 0 Å². The van der Waals surface area contributed by atoms with Crippen molar-refractivity contribution in [2.24, 2.45) is 0 Å². The Kier molecular flexibility index (Phi) is 8.36. The summed E-state index contributed by atoms with van der Waals surface area (Å²) >= 11 is 0. The summed E-state index contributed by atoms with van der Waals surface area (Å²) in [6.07, 6.45) is 1.99. The van der Waals surface area contributed by atoms with Crippen LogP contribution < -0.4 is 4.74 Å². The van der Waals surface area contributed by atoms with Crippen LogP contribution in [0.5, 0.6) is 5.75 Å². The first-order valence-electron chi connectivity index (χ1n) is 7.23. The number of methoxy groups -OCH3 is 1. The van der Waals surface area contributed by atoms with E-state index in [-0.39, 0.29) is 0 Å². The number of rotatable bonds is 9. The molecule has 0 bridgehead atoms. The minimum Gasteiger partial charge on any atom is -0.497 e. The lowest BCUT2D eigenvalue weighted by atomic mass is 10.2. The third kappa shape index (κ3) is 7.29. The highest BCUT2D eigenvalue weighted by molar-refractivity contribution is 8.76. The number of ether oxygens (including phenoxy) is 1.